The standard InChI is InChI=1S/C10H6FNO3/c11-6-1-2-7-5(3-6)4-8(10(14)15)12-9(7)13/h1-4H,(H,12,13)(H,14,15). The zero-order valence-electron chi connectivity index (χ0n) is 7.45. The van der Waals surface area contributed by atoms with Crippen molar-refractivity contribution in [1.29, 1.82) is 0 Å². The number of halogens is 1. The number of aromatic carboxylic acids is 1. The third-order valence-electron chi connectivity index (χ3n) is 2.04. The molecule has 0 saturated heterocycles. The predicted molar refractivity (Wildman–Crippen MR) is 51.5 cm³/mol. The zero-order valence-corrected chi connectivity index (χ0v) is 7.45. The van der Waals surface area contributed by atoms with E-state index in [1.165, 1.54) is 12.1 Å². The smallest absolute Gasteiger partial charge is 0.352 e. The Morgan fingerprint density at radius 2 is 2.07 bits per heavy atom. The minimum atomic E-state index is -1.25. The highest BCUT2D eigenvalue weighted by atomic mass is 19.1. The molecule has 1 heterocycles. The number of pyridine rings is 1. The van der Waals surface area contributed by atoms with Crippen LogP contribution in [0, 0.1) is 5.82 Å². The summed E-state index contributed by atoms with van der Waals surface area (Å²) in [4.78, 5) is 24.2. The van der Waals surface area contributed by atoms with Crippen molar-refractivity contribution in [3.05, 3.63) is 46.1 Å². The second-order valence-electron chi connectivity index (χ2n) is 3.05. The molecule has 0 bridgehead atoms. The second kappa shape index (κ2) is 3.20. The Kier molecular flexibility index (Phi) is 2.00. The van der Waals surface area contributed by atoms with Gasteiger partial charge in [-0.2, -0.15) is 0 Å². The Morgan fingerprint density at radius 1 is 1.33 bits per heavy atom. The molecule has 0 aliphatic carbocycles. The number of carbonyl (C=O) groups is 1. The summed E-state index contributed by atoms with van der Waals surface area (Å²) in [6.07, 6.45) is 0. The Hall–Kier alpha value is -2.17. The van der Waals surface area contributed by atoms with E-state index in [1.807, 2.05) is 0 Å². The topological polar surface area (TPSA) is 70.2 Å². The molecule has 0 aliphatic rings. The van der Waals surface area contributed by atoms with E-state index in [9.17, 15) is 14.0 Å². The van der Waals surface area contributed by atoms with Crippen LogP contribution in [0.1, 0.15) is 10.5 Å². The van der Waals surface area contributed by atoms with Crippen molar-refractivity contribution >= 4 is 16.7 Å². The van der Waals surface area contributed by atoms with Gasteiger partial charge in [0, 0.05) is 5.39 Å². The van der Waals surface area contributed by atoms with Gasteiger partial charge in [-0.15, -0.1) is 0 Å². The lowest BCUT2D eigenvalue weighted by Crippen LogP contribution is -2.12. The predicted octanol–water partition coefficient (Wildman–Crippen LogP) is 1.37. The van der Waals surface area contributed by atoms with Gasteiger partial charge in [0.05, 0.1) is 0 Å². The third-order valence-corrected chi connectivity index (χ3v) is 2.04. The van der Waals surface area contributed by atoms with E-state index in [2.05, 4.69) is 4.98 Å². The van der Waals surface area contributed by atoms with Crippen molar-refractivity contribution in [2.45, 2.75) is 0 Å². The zero-order chi connectivity index (χ0) is 11.0. The fourth-order valence-corrected chi connectivity index (χ4v) is 1.36. The molecule has 1 aromatic heterocycles. The number of carboxylic acid groups (broad SMARTS) is 1. The summed E-state index contributed by atoms with van der Waals surface area (Å²) < 4.78 is 12.8. The van der Waals surface area contributed by atoms with Crippen LogP contribution in [0.15, 0.2) is 29.1 Å². The Labute approximate surface area is 83.0 Å². The lowest BCUT2D eigenvalue weighted by atomic mass is 10.1. The molecule has 0 saturated carbocycles. The van der Waals surface area contributed by atoms with Gasteiger partial charge in [0.2, 0.25) is 0 Å². The highest BCUT2D eigenvalue weighted by Gasteiger charge is 2.07. The van der Waals surface area contributed by atoms with E-state index in [0.717, 1.165) is 12.1 Å². The maximum absolute atomic E-state index is 12.8. The van der Waals surface area contributed by atoms with Crippen LogP contribution in [0.5, 0.6) is 0 Å². The van der Waals surface area contributed by atoms with Gasteiger partial charge in [-0.1, -0.05) is 0 Å². The number of hydrogen-bond donors (Lipinski definition) is 2. The highest BCUT2D eigenvalue weighted by molar-refractivity contribution is 5.91. The number of benzene rings is 1. The van der Waals surface area contributed by atoms with Crippen molar-refractivity contribution < 1.29 is 14.3 Å². The van der Waals surface area contributed by atoms with Gasteiger partial charge >= 0.3 is 5.97 Å². The molecule has 0 radical (unpaired) electrons. The summed E-state index contributed by atoms with van der Waals surface area (Å²) in [5.74, 6) is -1.76. The average Bonchev–Trinajstić information content (AvgIpc) is 2.16. The van der Waals surface area contributed by atoms with Gasteiger partial charge in [-0.3, -0.25) is 4.79 Å². The van der Waals surface area contributed by atoms with Crippen LogP contribution < -0.4 is 5.56 Å². The molecule has 0 fully saturated rings. The Bertz CT molecular complexity index is 603. The summed E-state index contributed by atoms with van der Waals surface area (Å²) >= 11 is 0. The number of hydrogen-bond acceptors (Lipinski definition) is 2. The summed E-state index contributed by atoms with van der Waals surface area (Å²) in [6.45, 7) is 0. The maximum Gasteiger partial charge on any atom is 0.352 e. The molecule has 76 valence electrons. The van der Waals surface area contributed by atoms with Crippen LogP contribution in [-0.4, -0.2) is 16.1 Å². The molecule has 0 atom stereocenters. The summed E-state index contributed by atoms with van der Waals surface area (Å²) in [5, 5.41) is 9.21. The van der Waals surface area contributed by atoms with Gasteiger partial charge in [0.1, 0.15) is 11.5 Å². The van der Waals surface area contributed by atoms with Crippen LogP contribution in [0.25, 0.3) is 10.8 Å². The number of carboxylic acids is 1. The van der Waals surface area contributed by atoms with Crippen molar-refractivity contribution in [2.75, 3.05) is 0 Å². The lowest BCUT2D eigenvalue weighted by molar-refractivity contribution is 0.0690. The molecule has 0 aliphatic heterocycles. The maximum atomic E-state index is 12.8. The van der Waals surface area contributed by atoms with E-state index >= 15 is 0 Å². The van der Waals surface area contributed by atoms with Crippen molar-refractivity contribution in [3.63, 3.8) is 0 Å². The minimum Gasteiger partial charge on any atom is -0.477 e. The van der Waals surface area contributed by atoms with E-state index in [-0.39, 0.29) is 16.5 Å². The Morgan fingerprint density at radius 3 is 2.73 bits per heavy atom. The number of fused-ring (bicyclic) bond motifs is 1. The normalized spacial score (nSPS) is 10.5. The fourth-order valence-electron chi connectivity index (χ4n) is 1.36. The molecule has 5 heteroatoms. The van der Waals surface area contributed by atoms with Crippen LogP contribution >= 0.6 is 0 Å². The first-order valence-corrected chi connectivity index (χ1v) is 4.14. The number of rotatable bonds is 1. The number of aromatic amines is 1. The molecule has 2 rings (SSSR count). The largest absolute Gasteiger partial charge is 0.477 e. The molecule has 0 amide bonds. The minimum absolute atomic E-state index is 0.252. The van der Waals surface area contributed by atoms with Crippen LogP contribution in [0.3, 0.4) is 0 Å². The number of H-pyrrole nitrogens is 1. The quantitative estimate of drug-likeness (QED) is 0.741. The van der Waals surface area contributed by atoms with Gasteiger partial charge in [0.25, 0.3) is 5.56 Å². The summed E-state index contributed by atoms with van der Waals surface area (Å²) in [5.41, 5.74) is -0.789. The molecular formula is C10H6FNO3. The highest BCUT2D eigenvalue weighted by Crippen LogP contribution is 2.12. The second-order valence-corrected chi connectivity index (χ2v) is 3.05. The van der Waals surface area contributed by atoms with E-state index < -0.39 is 17.3 Å². The fraction of sp³-hybridized carbons (Fsp3) is 0. The van der Waals surface area contributed by atoms with Gasteiger partial charge in [-0.05, 0) is 29.7 Å². The lowest BCUT2D eigenvalue weighted by Gasteiger charge is -1.99. The SMILES string of the molecule is O=C(O)c1cc2cc(F)ccc2c(=O)[nH]1. The number of aromatic nitrogens is 1. The molecular weight excluding hydrogens is 201 g/mol. The van der Waals surface area contributed by atoms with E-state index in [1.54, 1.807) is 0 Å². The van der Waals surface area contributed by atoms with Crippen molar-refractivity contribution in [1.82, 2.24) is 4.98 Å². The van der Waals surface area contributed by atoms with Crippen LogP contribution in [-0.2, 0) is 0 Å². The molecule has 0 spiro atoms. The van der Waals surface area contributed by atoms with Crippen molar-refractivity contribution in [3.8, 4) is 0 Å². The molecule has 1 aromatic carbocycles. The molecule has 2 aromatic rings. The van der Waals surface area contributed by atoms with Gasteiger partial charge < -0.3 is 10.1 Å². The monoisotopic (exact) mass is 207 g/mol. The number of nitrogens with one attached hydrogen (secondary N) is 1. The van der Waals surface area contributed by atoms with E-state index in [0.29, 0.717) is 0 Å². The summed E-state index contributed by atoms with van der Waals surface area (Å²) in [7, 11) is 0. The van der Waals surface area contributed by atoms with Crippen molar-refractivity contribution in [2.24, 2.45) is 0 Å². The van der Waals surface area contributed by atoms with Crippen LogP contribution in [0.4, 0.5) is 4.39 Å². The van der Waals surface area contributed by atoms with Crippen LogP contribution in [0.2, 0.25) is 0 Å². The summed E-state index contributed by atoms with van der Waals surface area (Å²) in [6, 6.07) is 4.81. The first kappa shape index (κ1) is 9.39. The average molecular weight is 207 g/mol. The molecule has 4 nitrogen and oxygen atoms in total. The van der Waals surface area contributed by atoms with Gasteiger partial charge in [-0.25, -0.2) is 9.18 Å². The first-order chi connectivity index (χ1) is 7.08. The van der Waals surface area contributed by atoms with E-state index in [4.69, 9.17) is 5.11 Å². The first-order valence-electron chi connectivity index (χ1n) is 4.14. The molecule has 0 unspecified atom stereocenters. The Balaban J connectivity index is 2.85. The third kappa shape index (κ3) is 1.59. The molecule has 2 N–H and O–H groups in total. The molecule has 15 heavy (non-hydrogen) atoms. The van der Waals surface area contributed by atoms with Gasteiger partial charge in [0.15, 0.2) is 0 Å².